The zero-order chi connectivity index (χ0) is 24.1. The Hall–Kier alpha value is -4.05. The van der Waals surface area contributed by atoms with E-state index in [1.807, 2.05) is 6.07 Å². The molecule has 10 heteroatoms. The number of benzene rings is 1. The van der Waals surface area contributed by atoms with Gasteiger partial charge in [-0.25, -0.2) is 9.37 Å². The monoisotopic (exact) mass is 463 g/mol. The smallest absolute Gasteiger partial charge is 0.255 e. The molecule has 9 nitrogen and oxygen atoms in total. The van der Waals surface area contributed by atoms with Gasteiger partial charge in [0.05, 0.1) is 29.3 Å². The number of amides is 2. The molecule has 2 aromatic heterocycles. The van der Waals surface area contributed by atoms with Gasteiger partial charge in [-0.1, -0.05) is 31.0 Å². The minimum absolute atomic E-state index is 0.0173. The number of nitrogens with zero attached hydrogens (tertiary/aromatic N) is 2. The van der Waals surface area contributed by atoms with Crippen LogP contribution in [0.2, 0.25) is 0 Å². The van der Waals surface area contributed by atoms with E-state index in [4.69, 9.17) is 11.5 Å². The summed E-state index contributed by atoms with van der Waals surface area (Å²) in [6.07, 6.45) is 6.64. The molecule has 1 saturated carbocycles. The van der Waals surface area contributed by atoms with Crippen molar-refractivity contribution in [2.75, 3.05) is 16.0 Å². The average molecular weight is 464 g/mol. The molecule has 0 saturated heterocycles. The quantitative estimate of drug-likeness (QED) is 0.361. The molecule has 1 aliphatic carbocycles. The number of rotatable bonds is 7. The highest BCUT2D eigenvalue weighted by Crippen LogP contribution is 2.27. The lowest BCUT2D eigenvalue weighted by atomic mass is 9.91. The van der Waals surface area contributed by atoms with E-state index in [0.29, 0.717) is 16.9 Å². The molecular weight excluding hydrogens is 437 g/mol. The zero-order valence-corrected chi connectivity index (χ0v) is 18.4. The van der Waals surface area contributed by atoms with Gasteiger partial charge in [0.25, 0.3) is 11.8 Å². The number of pyridine rings is 2. The fourth-order valence-electron chi connectivity index (χ4n) is 3.89. The van der Waals surface area contributed by atoms with E-state index in [9.17, 15) is 14.0 Å². The second-order valence-corrected chi connectivity index (χ2v) is 8.19. The van der Waals surface area contributed by atoms with E-state index < -0.39 is 11.7 Å². The Morgan fingerprint density at radius 1 is 1.00 bits per heavy atom. The Labute approximate surface area is 196 Å². The first-order valence-electron chi connectivity index (χ1n) is 11.0. The summed E-state index contributed by atoms with van der Waals surface area (Å²) in [5, 5.41) is 8.79. The topological polar surface area (TPSA) is 148 Å². The highest BCUT2D eigenvalue weighted by atomic mass is 19.1. The first kappa shape index (κ1) is 23.1. The molecule has 7 N–H and O–H groups in total. The summed E-state index contributed by atoms with van der Waals surface area (Å²) < 4.78 is 14.7. The van der Waals surface area contributed by atoms with Crippen LogP contribution in [0.4, 0.5) is 27.4 Å². The summed E-state index contributed by atoms with van der Waals surface area (Å²) in [6, 6.07) is 11.2. The Balaban J connectivity index is 1.57. The van der Waals surface area contributed by atoms with Gasteiger partial charge in [0.2, 0.25) is 0 Å². The van der Waals surface area contributed by atoms with Gasteiger partial charge in [0.15, 0.2) is 11.6 Å². The van der Waals surface area contributed by atoms with Crippen LogP contribution in [0.3, 0.4) is 0 Å². The second kappa shape index (κ2) is 10.3. The number of hydrogen-bond acceptors (Lipinski definition) is 7. The molecule has 1 fully saturated rings. The molecule has 34 heavy (non-hydrogen) atoms. The Morgan fingerprint density at radius 3 is 2.47 bits per heavy atom. The van der Waals surface area contributed by atoms with Crippen molar-refractivity contribution >= 4 is 34.8 Å². The van der Waals surface area contributed by atoms with Crippen LogP contribution >= 0.6 is 0 Å². The van der Waals surface area contributed by atoms with Crippen LogP contribution in [-0.2, 0) is 0 Å². The van der Waals surface area contributed by atoms with Gasteiger partial charge in [0, 0.05) is 17.6 Å². The molecule has 2 atom stereocenters. The van der Waals surface area contributed by atoms with Crippen molar-refractivity contribution < 1.29 is 14.0 Å². The summed E-state index contributed by atoms with van der Waals surface area (Å²) in [5.74, 6) is -1.78. The van der Waals surface area contributed by atoms with E-state index in [2.05, 4.69) is 25.9 Å². The summed E-state index contributed by atoms with van der Waals surface area (Å²) >= 11 is 0. The van der Waals surface area contributed by atoms with Crippen molar-refractivity contribution in [1.82, 2.24) is 9.97 Å². The predicted molar refractivity (Wildman–Crippen MR) is 128 cm³/mol. The maximum Gasteiger partial charge on any atom is 0.255 e. The zero-order valence-electron chi connectivity index (χ0n) is 18.4. The molecule has 1 aromatic carbocycles. The highest BCUT2D eigenvalue weighted by molar-refractivity contribution is 6.04. The molecular formula is C24H26FN7O2. The molecule has 0 radical (unpaired) electrons. The van der Waals surface area contributed by atoms with E-state index >= 15 is 0 Å². The SMILES string of the molecule is NC(=O)c1cc(F)c(N[C@@H]2CCCC[C@@H]2N)nc1Nc1cncc(NC(=O)c2ccccc2)c1. The average Bonchev–Trinajstić information content (AvgIpc) is 2.83. The number of primary amides is 1. The number of nitrogens with two attached hydrogens (primary N) is 2. The molecule has 176 valence electrons. The molecule has 0 spiro atoms. The number of nitrogens with one attached hydrogen (secondary N) is 3. The van der Waals surface area contributed by atoms with Gasteiger partial charge in [0.1, 0.15) is 5.82 Å². The Bertz CT molecular complexity index is 1190. The first-order chi connectivity index (χ1) is 16.4. The van der Waals surface area contributed by atoms with Gasteiger partial charge < -0.3 is 27.4 Å². The molecule has 0 aliphatic heterocycles. The number of halogens is 1. The standard InChI is InChI=1S/C24H26FN7O2/c25-18-11-17(21(27)33)22(32-23(18)31-20-9-5-4-8-19(20)26)29-15-10-16(13-28-12-15)30-24(34)14-6-2-1-3-7-14/h1-3,6-7,10-13,19-20H,4-5,8-9,26H2,(H2,27,33)(H,30,34)(H2,29,31,32)/t19-,20+/m0/s1. The summed E-state index contributed by atoms with van der Waals surface area (Å²) in [5.41, 5.74) is 12.9. The molecule has 2 amide bonds. The normalized spacial score (nSPS) is 17.6. The lowest BCUT2D eigenvalue weighted by Gasteiger charge is -2.30. The molecule has 3 aromatic rings. The van der Waals surface area contributed by atoms with Gasteiger partial charge in [-0.2, -0.15) is 0 Å². The van der Waals surface area contributed by atoms with Crippen molar-refractivity contribution in [3.8, 4) is 0 Å². The van der Waals surface area contributed by atoms with Gasteiger partial charge in [-0.15, -0.1) is 0 Å². The second-order valence-electron chi connectivity index (χ2n) is 8.19. The number of anilines is 4. The van der Waals surface area contributed by atoms with E-state index in [1.54, 1.807) is 30.3 Å². The van der Waals surface area contributed by atoms with Crippen molar-refractivity contribution in [3.05, 3.63) is 71.8 Å². The van der Waals surface area contributed by atoms with Crippen LogP contribution in [0.1, 0.15) is 46.4 Å². The molecule has 1 aliphatic rings. The minimum Gasteiger partial charge on any atom is -0.365 e. The Morgan fingerprint density at radius 2 is 1.74 bits per heavy atom. The van der Waals surface area contributed by atoms with Crippen LogP contribution in [-0.4, -0.2) is 33.9 Å². The number of carbonyl (C=O) groups is 2. The summed E-state index contributed by atoms with van der Waals surface area (Å²) in [7, 11) is 0. The maximum absolute atomic E-state index is 14.7. The first-order valence-corrected chi connectivity index (χ1v) is 11.0. The van der Waals surface area contributed by atoms with E-state index in [1.165, 1.54) is 12.4 Å². The lowest BCUT2D eigenvalue weighted by Crippen LogP contribution is -2.43. The third-order valence-corrected chi connectivity index (χ3v) is 5.68. The van der Waals surface area contributed by atoms with Gasteiger partial charge >= 0.3 is 0 Å². The van der Waals surface area contributed by atoms with Crippen molar-refractivity contribution in [2.24, 2.45) is 11.5 Å². The highest BCUT2D eigenvalue weighted by Gasteiger charge is 2.24. The van der Waals surface area contributed by atoms with E-state index in [0.717, 1.165) is 31.7 Å². The van der Waals surface area contributed by atoms with Gasteiger partial charge in [-0.05, 0) is 37.1 Å². The number of aromatic nitrogens is 2. The number of carbonyl (C=O) groups excluding carboxylic acids is 2. The van der Waals surface area contributed by atoms with Crippen LogP contribution in [0, 0.1) is 5.82 Å². The third kappa shape index (κ3) is 5.46. The summed E-state index contributed by atoms with van der Waals surface area (Å²) in [4.78, 5) is 32.8. The fraction of sp³-hybridized carbons (Fsp3) is 0.250. The third-order valence-electron chi connectivity index (χ3n) is 5.68. The lowest BCUT2D eigenvalue weighted by molar-refractivity contribution is 0.0997. The van der Waals surface area contributed by atoms with Crippen LogP contribution in [0.15, 0.2) is 54.9 Å². The minimum atomic E-state index is -0.837. The van der Waals surface area contributed by atoms with Crippen molar-refractivity contribution in [2.45, 2.75) is 37.8 Å². The van der Waals surface area contributed by atoms with Crippen LogP contribution in [0.25, 0.3) is 0 Å². The van der Waals surface area contributed by atoms with Crippen molar-refractivity contribution in [1.29, 1.82) is 0 Å². The molecule has 4 rings (SSSR count). The van der Waals surface area contributed by atoms with Crippen molar-refractivity contribution in [3.63, 3.8) is 0 Å². The summed E-state index contributed by atoms with van der Waals surface area (Å²) in [6.45, 7) is 0. The van der Waals surface area contributed by atoms with Gasteiger partial charge in [-0.3, -0.25) is 14.6 Å². The van der Waals surface area contributed by atoms with Crippen LogP contribution in [0.5, 0.6) is 0 Å². The predicted octanol–water partition coefficient (Wildman–Crippen LogP) is 3.39. The molecule has 2 heterocycles. The van der Waals surface area contributed by atoms with Crippen LogP contribution < -0.4 is 27.4 Å². The maximum atomic E-state index is 14.7. The fourth-order valence-corrected chi connectivity index (χ4v) is 3.89. The largest absolute Gasteiger partial charge is 0.365 e. The molecule has 0 unspecified atom stereocenters. The number of hydrogen-bond donors (Lipinski definition) is 5. The van der Waals surface area contributed by atoms with E-state index in [-0.39, 0.29) is 35.2 Å². The molecule has 0 bridgehead atoms. The Kier molecular flexibility index (Phi) is 6.98.